The zero-order chi connectivity index (χ0) is 15.4. The second-order valence-corrected chi connectivity index (χ2v) is 4.39. The SMILES string of the molecule is COc1cc([N+](=O)[O-])ccc1Oc1cc(F)cc(CCl)c1. The van der Waals surface area contributed by atoms with E-state index in [1.807, 2.05) is 0 Å². The van der Waals surface area contributed by atoms with Gasteiger partial charge in [-0.15, -0.1) is 11.6 Å². The molecule has 0 aliphatic heterocycles. The Labute approximate surface area is 125 Å². The van der Waals surface area contributed by atoms with Gasteiger partial charge in [0.2, 0.25) is 0 Å². The average Bonchev–Trinajstić information content (AvgIpc) is 2.46. The predicted octanol–water partition coefficient (Wildman–Crippen LogP) is 4.27. The van der Waals surface area contributed by atoms with Crippen LogP contribution in [0.15, 0.2) is 36.4 Å². The summed E-state index contributed by atoms with van der Waals surface area (Å²) >= 11 is 5.67. The minimum Gasteiger partial charge on any atom is -0.493 e. The molecule has 0 amide bonds. The molecule has 0 aliphatic carbocycles. The molecule has 0 spiro atoms. The number of nitro groups is 1. The zero-order valence-corrected chi connectivity index (χ0v) is 11.8. The smallest absolute Gasteiger partial charge is 0.273 e. The van der Waals surface area contributed by atoms with Gasteiger partial charge in [0.05, 0.1) is 18.1 Å². The van der Waals surface area contributed by atoms with Crippen LogP contribution in [0.1, 0.15) is 5.56 Å². The maximum absolute atomic E-state index is 13.4. The number of halogens is 2. The largest absolute Gasteiger partial charge is 0.493 e. The van der Waals surface area contributed by atoms with Gasteiger partial charge in [0.25, 0.3) is 5.69 Å². The van der Waals surface area contributed by atoms with E-state index in [9.17, 15) is 14.5 Å². The molecule has 0 aromatic heterocycles. The Balaban J connectivity index is 2.35. The van der Waals surface area contributed by atoms with Crippen molar-refractivity contribution in [2.75, 3.05) is 7.11 Å². The van der Waals surface area contributed by atoms with Gasteiger partial charge in [-0.25, -0.2) is 4.39 Å². The third kappa shape index (κ3) is 3.61. The molecular formula is C14H11ClFNO4. The number of hydrogen-bond donors (Lipinski definition) is 0. The molecule has 0 aliphatic rings. The van der Waals surface area contributed by atoms with Crippen LogP contribution in [0.3, 0.4) is 0 Å². The van der Waals surface area contributed by atoms with Gasteiger partial charge in [0, 0.05) is 18.0 Å². The van der Waals surface area contributed by atoms with Crippen molar-refractivity contribution < 1.29 is 18.8 Å². The highest BCUT2D eigenvalue weighted by Gasteiger charge is 2.13. The molecule has 2 aromatic rings. The second kappa shape index (κ2) is 6.41. The van der Waals surface area contributed by atoms with Gasteiger partial charge in [0.1, 0.15) is 11.6 Å². The van der Waals surface area contributed by atoms with Crippen LogP contribution in [0.25, 0.3) is 0 Å². The van der Waals surface area contributed by atoms with Gasteiger partial charge in [0.15, 0.2) is 11.5 Å². The first kappa shape index (κ1) is 15.1. The van der Waals surface area contributed by atoms with Gasteiger partial charge >= 0.3 is 0 Å². The molecule has 0 saturated heterocycles. The van der Waals surface area contributed by atoms with Crippen LogP contribution < -0.4 is 9.47 Å². The molecule has 7 heteroatoms. The van der Waals surface area contributed by atoms with Crippen LogP contribution in [-0.4, -0.2) is 12.0 Å². The van der Waals surface area contributed by atoms with Crippen molar-refractivity contribution in [3.8, 4) is 17.2 Å². The Bertz CT molecular complexity index is 678. The van der Waals surface area contributed by atoms with Crippen molar-refractivity contribution in [2.24, 2.45) is 0 Å². The maximum Gasteiger partial charge on any atom is 0.273 e. The zero-order valence-electron chi connectivity index (χ0n) is 11.0. The Morgan fingerprint density at radius 1 is 1.24 bits per heavy atom. The van der Waals surface area contributed by atoms with E-state index in [0.29, 0.717) is 5.56 Å². The minimum absolute atomic E-state index is 0.125. The lowest BCUT2D eigenvalue weighted by molar-refractivity contribution is -0.384. The first-order valence-corrected chi connectivity index (χ1v) is 6.42. The number of nitrogens with zero attached hydrogens (tertiary/aromatic N) is 1. The van der Waals surface area contributed by atoms with E-state index in [1.165, 1.54) is 37.4 Å². The van der Waals surface area contributed by atoms with E-state index in [4.69, 9.17) is 21.1 Å². The first-order chi connectivity index (χ1) is 10.0. The number of benzene rings is 2. The molecule has 0 heterocycles. The van der Waals surface area contributed by atoms with Crippen LogP contribution in [0.2, 0.25) is 0 Å². The summed E-state index contributed by atoms with van der Waals surface area (Å²) in [5, 5.41) is 10.7. The van der Waals surface area contributed by atoms with Gasteiger partial charge in [-0.05, 0) is 23.8 Å². The van der Waals surface area contributed by atoms with Crippen molar-refractivity contribution >= 4 is 17.3 Å². The van der Waals surface area contributed by atoms with Crippen molar-refractivity contribution in [1.82, 2.24) is 0 Å². The molecule has 5 nitrogen and oxygen atoms in total. The van der Waals surface area contributed by atoms with Crippen molar-refractivity contribution in [3.05, 3.63) is 57.9 Å². The normalized spacial score (nSPS) is 10.2. The summed E-state index contributed by atoms with van der Waals surface area (Å²) in [5.74, 6) is 0.322. The number of non-ortho nitro benzene ring substituents is 1. The van der Waals surface area contributed by atoms with E-state index in [-0.39, 0.29) is 28.8 Å². The van der Waals surface area contributed by atoms with Crippen LogP contribution in [-0.2, 0) is 5.88 Å². The van der Waals surface area contributed by atoms with E-state index in [1.54, 1.807) is 6.07 Å². The minimum atomic E-state index is -0.542. The fourth-order valence-corrected chi connectivity index (χ4v) is 1.89. The third-order valence-electron chi connectivity index (χ3n) is 2.67. The van der Waals surface area contributed by atoms with Crippen LogP contribution in [0, 0.1) is 15.9 Å². The number of alkyl halides is 1. The standard InChI is InChI=1S/C14H11ClFNO4/c1-20-14-7-11(17(18)19)2-3-13(14)21-12-5-9(8-15)4-10(16)6-12/h2-7H,8H2,1H3. The molecule has 0 N–H and O–H groups in total. The summed E-state index contributed by atoms with van der Waals surface area (Å²) in [6, 6.07) is 7.97. The number of ether oxygens (including phenoxy) is 2. The second-order valence-electron chi connectivity index (χ2n) is 4.12. The number of rotatable bonds is 5. The Kier molecular flexibility index (Phi) is 4.59. The number of nitro benzene ring substituents is 1. The van der Waals surface area contributed by atoms with Gasteiger partial charge < -0.3 is 9.47 Å². The fraction of sp³-hybridized carbons (Fsp3) is 0.143. The van der Waals surface area contributed by atoms with Crippen molar-refractivity contribution in [2.45, 2.75) is 5.88 Å². The van der Waals surface area contributed by atoms with Crippen LogP contribution >= 0.6 is 11.6 Å². The predicted molar refractivity (Wildman–Crippen MR) is 75.7 cm³/mol. The molecule has 0 unspecified atom stereocenters. The molecule has 2 aromatic carbocycles. The van der Waals surface area contributed by atoms with E-state index < -0.39 is 10.7 Å². The van der Waals surface area contributed by atoms with Gasteiger partial charge in [-0.2, -0.15) is 0 Å². The highest BCUT2D eigenvalue weighted by molar-refractivity contribution is 6.17. The summed E-state index contributed by atoms with van der Waals surface area (Å²) in [7, 11) is 1.36. The van der Waals surface area contributed by atoms with Crippen LogP contribution in [0.5, 0.6) is 17.2 Å². The highest BCUT2D eigenvalue weighted by Crippen LogP contribution is 2.35. The molecule has 2 rings (SSSR count). The molecular weight excluding hydrogens is 301 g/mol. The quantitative estimate of drug-likeness (QED) is 0.470. The molecule has 110 valence electrons. The molecule has 0 radical (unpaired) electrons. The lowest BCUT2D eigenvalue weighted by Gasteiger charge is -2.11. The highest BCUT2D eigenvalue weighted by atomic mass is 35.5. The van der Waals surface area contributed by atoms with Crippen molar-refractivity contribution in [3.63, 3.8) is 0 Å². The first-order valence-electron chi connectivity index (χ1n) is 5.89. The topological polar surface area (TPSA) is 61.6 Å². The van der Waals surface area contributed by atoms with E-state index in [2.05, 4.69) is 0 Å². The van der Waals surface area contributed by atoms with E-state index in [0.717, 1.165) is 0 Å². The Morgan fingerprint density at radius 3 is 2.62 bits per heavy atom. The summed E-state index contributed by atoms with van der Waals surface area (Å²) in [6.07, 6.45) is 0. The van der Waals surface area contributed by atoms with Crippen molar-refractivity contribution in [1.29, 1.82) is 0 Å². The maximum atomic E-state index is 13.4. The molecule has 0 saturated carbocycles. The molecule has 0 atom stereocenters. The third-order valence-corrected chi connectivity index (χ3v) is 2.98. The average molecular weight is 312 g/mol. The fourth-order valence-electron chi connectivity index (χ4n) is 1.74. The molecule has 0 fully saturated rings. The molecule has 21 heavy (non-hydrogen) atoms. The van der Waals surface area contributed by atoms with E-state index >= 15 is 0 Å². The lowest BCUT2D eigenvalue weighted by atomic mass is 10.2. The summed E-state index contributed by atoms with van der Waals surface area (Å²) in [4.78, 5) is 10.2. The Hall–Kier alpha value is -2.34. The van der Waals surface area contributed by atoms with Gasteiger partial charge in [-0.3, -0.25) is 10.1 Å². The Morgan fingerprint density at radius 2 is 2.00 bits per heavy atom. The monoisotopic (exact) mass is 311 g/mol. The summed E-state index contributed by atoms with van der Waals surface area (Å²) < 4.78 is 24.0. The van der Waals surface area contributed by atoms with Gasteiger partial charge in [-0.1, -0.05) is 0 Å². The summed E-state index contributed by atoms with van der Waals surface area (Å²) in [5.41, 5.74) is 0.437. The molecule has 0 bridgehead atoms. The number of methoxy groups -OCH3 is 1. The lowest BCUT2D eigenvalue weighted by Crippen LogP contribution is -1.94. The number of hydrogen-bond acceptors (Lipinski definition) is 4. The summed E-state index contributed by atoms with van der Waals surface area (Å²) in [6.45, 7) is 0. The van der Waals surface area contributed by atoms with Crippen LogP contribution in [0.4, 0.5) is 10.1 Å².